The van der Waals surface area contributed by atoms with Gasteiger partial charge in [0.2, 0.25) is 0 Å². The second-order valence-electron chi connectivity index (χ2n) is 20.4. The number of nitrogens with zero attached hydrogens (tertiary/aromatic N) is 7. The van der Waals surface area contributed by atoms with Crippen LogP contribution in [0.25, 0.3) is 16.9 Å². The van der Waals surface area contributed by atoms with Crippen LogP contribution in [0.1, 0.15) is 87.1 Å². The van der Waals surface area contributed by atoms with E-state index in [1.165, 1.54) is 55.8 Å². The highest BCUT2D eigenvalue weighted by molar-refractivity contribution is 6.37. The van der Waals surface area contributed by atoms with E-state index in [2.05, 4.69) is 25.5 Å². The number of halogens is 9. The van der Waals surface area contributed by atoms with Crippen molar-refractivity contribution in [3.8, 4) is 28.4 Å². The molecule has 0 radical (unpaired) electrons. The number of carbonyl (C=O) groups is 1. The molecule has 0 spiro atoms. The van der Waals surface area contributed by atoms with Crippen molar-refractivity contribution in [2.24, 2.45) is 0 Å². The number of pyridine rings is 2. The molecule has 0 atom stereocenters. The molecule has 12 rings (SSSR count). The number of hydrogen-bond acceptors (Lipinski definition) is 16. The summed E-state index contributed by atoms with van der Waals surface area (Å²) in [5.74, 6) is -0.0205. The number of amides is 1. The maximum absolute atomic E-state index is 14.6. The van der Waals surface area contributed by atoms with Crippen molar-refractivity contribution in [1.29, 1.82) is 0 Å². The first-order valence-corrected chi connectivity index (χ1v) is 28.0. The molecular weight excluding hydrogens is 1230 g/mol. The van der Waals surface area contributed by atoms with E-state index in [1.807, 2.05) is 0 Å². The van der Waals surface area contributed by atoms with E-state index in [4.69, 9.17) is 91.2 Å². The fraction of sp³-hybridized carbons (Fsp3) is 0.271. The molecule has 1 amide bonds. The van der Waals surface area contributed by atoms with Gasteiger partial charge in [-0.3, -0.25) is 4.79 Å². The van der Waals surface area contributed by atoms with Gasteiger partial charge in [0.1, 0.15) is 64.7 Å². The molecule has 3 N–H and O–H groups in total. The predicted molar refractivity (Wildman–Crippen MR) is 305 cm³/mol. The van der Waals surface area contributed by atoms with Gasteiger partial charge in [0.15, 0.2) is 23.3 Å². The van der Waals surface area contributed by atoms with Crippen LogP contribution in [0.2, 0.25) is 25.1 Å². The van der Waals surface area contributed by atoms with Crippen LogP contribution in [0.15, 0.2) is 102 Å². The highest BCUT2D eigenvalue weighted by atomic mass is 35.5. The van der Waals surface area contributed by atoms with Crippen molar-refractivity contribution in [2.75, 3.05) is 43.0 Å². The molecule has 86 heavy (non-hydrogen) atoms. The van der Waals surface area contributed by atoms with Gasteiger partial charge < -0.3 is 39.3 Å². The van der Waals surface area contributed by atoms with Crippen LogP contribution in [0, 0.1) is 30.2 Å². The third kappa shape index (κ3) is 13.5. The molecule has 4 fully saturated rings. The summed E-state index contributed by atoms with van der Waals surface area (Å²) in [6.07, 6.45) is 9.11. The van der Waals surface area contributed by atoms with Gasteiger partial charge in [0.25, 0.3) is 5.91 Å². The molecule has 2 saturated heterocycles. The molecule has 27 heteroatoms. The molecule has 2 aliphatic carbocycles. The summed E-state index contributed by atoms with van der Waals surface area (Å²) in [6.45, 7) is 2.44. The summed E-state index contributed by atoms with van der Waals surface area (Å²) in [7, 11) is 1.45. The van der Waals surface area contributed by atoms with Gasteiger partial charge in [0.05, 0.1) is 74.3 Å². The van der Waals surface area contributed by atoms with Gasteiger partial charge in [-0.2, -0.15) is 24.3 Å². The van der Waals surface area contributed by atoms with E-state index < -0.39 is 40.4 Å². The highest BCUT2D eigenvalue weighted by Crippen LogP contribution is 2.48. The number of aryl methyl sites for hydroxylation is 1. The third-order valence-electron chi connectivity index (χ3n) is 14.5. The Hall–Kier alpha value is -7.88. The monoisotopic (exact) mass is 1280 g/mol. The lowest BCUT2D eigenvalue weighted by atomic mass is 9.86. The predicted octanol–water partition coefficient (Wildman–Crippen LogP) is 11.7. The molecule has 8 aromatic rings. The average Bonchev–Trinajstić information content (AvgIpc) is 1.53. The van der Waals surface area contributed by atoms with Crippen molar-refractivity contribution in [3.05, 3.63) is 191 Å². The van der Waals surface area contributed by atoms with Crippen LogP contribution >= 0.6 is 58.0 Å². The topological polar surface area (TPSA) is 232 Å². The lowest BCUT2D eigenvalue weighted by Gasteiger charge is -2.47. The second kappa shape index (κ2) is 26.4. The molecule has 4 aliphatic rings. The summed E-state index contributed by atoms with van der Waals surface area (Å²) >= 11 is 32.2. The number of aromatic nitrogens is 5. The van der Waals surface area contributed by atoms with Gasteiger partial charge in [-0.1, -0.05) is 75.3 Å². The summed E-state index contributed by atoms with van der Waals surface area (Å²) in [5, 5.41) is 34.6. The lowest BCUT2D eigenvalue weighted by molar-refractivity contribution is -0.193. The van der Waals surface area contributed by atoms with Crippen molar-refractivity contribution in [3.63, 3.8) is 0 Å². The number of anilines is 2. The smallest absolute Gasteiger partial charge is 0.373 e. The van der Waals surface area contributed by atoms with E-state index >= 15 is 0 Å². The summed E-state index contributed by atoms with van der Waals surface area (Å²) in [5.41, 5.74) is 3.14. The summed E-state index contributed by atoms with van der Waals surface area (Å²) in [4.78, 5) is 55.6. The molecule has 446 valence electrons. The van der Waals surface area contributed by atoms with Crippen LogP contribution in [-0.4, -0.2) is 86.6 Å². The quantitative estimate of drug-likeness (QED) is 0.0810. The van der Waals surface area contributed by atoms with Crippen LogP contribution in [0.5, 0.6) is 11.5 Å². The van der Waals surface area contributed by atoms with Gasteiger partial charge in [-0.25, -0.2) is 32.2 Å². The van der Waals surface area contributed by atoms with Crippen LogP contribution in [0.3, 0.4) is 0 Å². The van der Waals surface area contributed by atoms with E-state index in [1.54, 1.807) is 64.0 Å². The van der Waals surface area contributed by atoms with Gasteiger partial charge >= 0.3 is 12.3 Å². The Bertz CT molecular complexity index is 3880. The first-order valence-electron chi connectivity index (χ1n) is 26.1. The summed E-state index contributed by atoms with van der Waals surface area (Å²) < 4.78 is 75.8. The van der Waals surface area contributed by atoms with E-state index in [0.717, 1.165) is 54.3 Å². The number of carbonyl (C=O) groups excluding carboxylic acids is 5. The zero-order valence-electron chi connectivity index (χ0n) is 45.2. The lowest BCUT2D eigenvalue weighted by Crippen LogP contribution is -2.60. The molecule has 2 saturated carbocycles. The highest BCUT2D eigenvalue weighted by Gasteiger charge is 2.47. The summed E-state index contributed by atoms with van der Waals surface area (Å²) in [6, 6.07) is 19.0. The Morgan fingerprint density at radius 1 is 0.698 bits per heavy atom. The van der Waals surface area contributed by atoms with Crippen molar-refractivity contribution in [1.82, 2.24) is 30.2 Å². The zero-order chi connectivity index (χ0) is 61.8. The SMILES string of the molecule is CNC(=O)c1cnc(N2CC(O)(c3ccc(OCc4c(-c5c(C)cc(F)cc5Cl)noc4C4CC4)cc3Cl)C2)c(F)c1.O=C=O.O=C=O.OC1(c2ccc(OCc3c(C4CC4)cnn3-c3c(Cl)cc(F)cc3Cl)cc2Cl)CN(c2ncccc2F)C1. The Balaban J connectivity index is 0.000000189. The molecule has 18 nitrogen and oxygen atoms in total. The first kappa shape index (κ1) is 62.6. The zero-order valence-corrected chi connectivity index (χ0v) is 48.9. The fourth-order valence-corrected chi connectivity index (χ4v) is 11.8. The molecule has 6 heterocycles. The normalized spacial score (nSPS) is 15.2. The van der Waals surface area contributed by atoms with Crippen LogP contribution in [0.4, 0.5) is 29.2 Å². The number of β-amino-alcohol motifs (C(OH)–C–C–N with tert-alkyl or cyclic N) is 2. The molecule has 4 aromatic heterocycles. The molecule has 0 unspecified atom stereocenters. The number of rotatable bonds is 15. The fourth-order valence-electron chi connectivity index (χ4n) is 10.1. The minimum atomic E-state index is -1.33. The van der Waals surface area contributed by atoms with Crippen molar-refractivity contribution < 1.29 is 65.7 Å². The minimum Gasteiger partial charge on any atom is -0.489 e. The van der Waals surface area contributed by atoms with E-state index in [-0.39, 0.29) is 94.9 Å². The van der Waals surface area contributed by atoms with E-state index in [9.17, 15) is 32.6 Å². The van der Waals surface area contributed by atoms with E-state index in [0.29, 0.717) is 56.1 Å². The third-order valence-corrected chi connectivity index (χ3v) is 16.0. The Kier molecular flexibility index (Phi) is 19.2. The first-order chi connectivity index (χ1) is 41.1. The van der Waals surface area contributed by atoms with Gasteiger partial charge in [0, 0.05) is 47.6 Å². The molecular formula is C59H47Cl5F4N8O10. The number of nitrogens with one attached hydrogen (secondary N) is 1. The largest absolute Gasteiger partial charge is 0.489 e. The number of aliphatic hydroxyl groups is 2. The number of hydrogen-bond donors (Lipinski definition) is 3. The van der Waals surface area contributed by atoms with Gasteiger partial charge in [-0.05, 0) is 111 Å². The molecule has 4 aromatic carbocycles. The maximum atomic E-state index is 14.6. The maximum Gasteiger partial charge on any atom is 0.373 e. The minimum absolute atomic E-state index is 0.0379. The number of ether oxygens (including phenoxy) is 2. The van der Waals surface area contributed by atoms with Crippen molar-refractivity contribution in [2.45, 2.75) is 68.9 Å². The van der Waals surface area contributed by atoms with Crippen LogP contribution in [-0.2, 0) is 43.6 Å². The Morgan fingerprint density at radius 3 is 1.74 bits per heavy atom. The Morgan fingerprint density at radius 2 is 1.23 bits per heavy atom. The van der Waals surface area contributed by atoms with Crippen LogP contribution < -0.4 is 24.6 Å². The average molecular weight is 1280 g/mol. The second-order valence-corrected chi connectivity index (χ2v) is 22.4. The standard InChI is InChI=1S/C30H26Cl2F2N4O4.C27H21Cl3F2N4O2.2CO2/c1-15-7-18(33)9-23(32)25(15)26-20(27(42-37-26)16-3-4-16)12-41-19-5-6-21(22(31)10-19)30(40)13-38(14-30)28-24(34)8-17(11-36-28)29(39)35-2;28-20-10-17(5-6-19(20)27(37)13-35(14-27)26-23(32)2-1-7-33-26)38-12-24-18(15-3-4-15)11-34-36(24)25-21(29)8-16(31)9-22(25)30;2*2-1-3/h5-11,16,40H,3-4,12-14H2,1-2H3,(H,35,39);1-2,5-11,15,37H,3-4,12-14H2;;. The molecule has 0 bridgehead atoms. The number of benzene rings is 4. The molecule has 2 aliphatic heterocycles. The Labute approximate surface area is 512 Å². The van der Waals surface area contributed by atoms with Crippen molar-refractivity contribution >= 4 is 87.9 Å². The van der Waals surface area contributed by atoms with Gasteiger partial charge in [-0.15, -0.1) is 0 Å².